The molecule has 1 N–H and O–H groups in total. The average molecular weight is 241 g/mol. The van der Waals surface area contributed by atoms with Crippen LogP contribution in [0.3, 0.4) is 0 Å². The molecule has 1 aliphatic heterocycles. The van der Waals surface area contributed by atoms with Crippen LogP contribution in [-0.2, 0) is 0 Å². The van der Waals surface area contributed by atoms with Crippen LogP contribution in [0.25, 0.3) is 0 Å². The molecule has 0 aliphatic carbocycles. The standard InChI is InChI=1S/C14H31N3/c1-16(2)11-7-13-17(3)12-6-9-14-8-4-5-10-15-14/h14-15H,4-13H2,1-3H3. The van der Waals surface area contributed by atoms with E-state index >= 15 is 0 Å². The second-order valence-corrected chi connectivity index (χ2v) is 5.75. The van der Waals surface area contributed by atoms with Crippen molar-refractivity contribution in [1.29, 1.82) is 0 Å². The SMILES string of the molecule is CN(C)CCCN(C)CCCC1CCCCN1. The number of hydrogen-bond acceptors (Lipinski definition) is 3. The van der Waals surface area contributed by atoms with Crippen LogP contribution in [0.15, 0.2) is 0 Å². The fourth-order valence-electron chi connectivity index (χ4n) is 2.55. The highest BCUT2D eigenvalue weighted by molar-refractivity contribution is 4.72. The molecular formula is C14H31N3. The highest BCUT2D eigenvalue weighted by Crippen LogP contribution is 2.11. The van der Waals surface area contributed by atoms with E-state index in [4.69, 9.17) is 0 Å². The Morgan fingerprint density at radius 3 is 2.41 bits per heavy atom. The zero-order valence-corrected chi connectivity index (χ0v) is 12.0. The van der Waals surface area contributed by atoms with Crippen LogP contribution in [-0.4, -0.2) is 63.2 Å². The van der Waals surface area contributed by atoms with E-state index < -0.39 is 0 Å². The topological polar surface area (TPSA) is 18.5 Å². The second kappa shape index (κ2) is 8.90. The number of nitrogens with zero attached hydrogens (tertiary/aromatic N) is 2. The van der Waals surface area contributed by atoms with Gasteiger partial charge in [0.1, 0.15) is 0 Å². The first-order chi connectivity index (χ1) is 8.18. The molecule has 0 saturated carbocycles. The third-order valence-electron chi connectivity index (χ3n) is 3.65. The van der Waals surface area contributed by atoms with Crippen molar-refractivity contribution in [3.63, 3.8) is 0 Å². The molecule has 1 fully saturated rings. The molecule has 0 bridgehead atoms. The van der Waals surface area contributed by atoms with Gasteiger partial charge in [0.15, 0.2) is 0 Å². The van der Waals surface area contributed by atoms with Crippen molar-refractivity contribution in [2.75, 3.05) is 47.3 Å². The van der Waals surface area contributed by atoms with Crippen LogP contribution < -0.4 is 5.32 Å². The minimum atomic E-state index is 0.805. The number of nitrogens with one attached hydrogen (secondary N) is 1. The lowest BCUT2D eigenvalue weighted by Crippen LogP contribution is -2.34. The molecule has 0 radical (unpaired) electrons. The van der Waals surface area contributed by atoms with Crippen molar-refractivity contribution in [2.45, 2.75) is 44.6 Å². The summed E-state index contributed by atoms with van der Waals surface area (Å²) in [6, 6.07) is 0.805. The van der Waals surface area contributed by atoms with Gasteiger partial charge in [-0.1, -0.05) is 6.42 Å². The Hall–Kier alpha value is -0.120. The van der Waals surface area contributed by atoms with E-state index in [0.29, 0.717) is 0 Å². The second-order valence-electron chi connectivity index (χ2n) is 5.75. The molecule has 1 heterocycles. The van der Waals surface area contributed by atoms with Crippen molar-refractivity contribution >= 4 is 0 Å². The third kappa shape index (κ3) is 7.74. The number of hydrogen-bond donors (Lipinski definition) is 1. The Labute approximate surface area is 108 Å². The zero-order valence-electron chi connectivity index (χ0n) is 12.0. The Morgan fingerprint density at radius 1 is 1.00 bits per heavy atom. The molecule has 0 aromatic heterocycles. The lowest BCUT2D eigenvalue weighted by Gasteiger charge is -2.24. The van der Waals surface area contributed by atoms with Crippen LogP contribution in [0.5, 0.6) is 0 Å². The predicted octanol–water partition coefficient (Wildman–Crippen LogP) is 1.79. The minimum Gasteiger partial charge on any atom is -0.314 e. The molecule has 0 spiro atoms. The van der Waals surface area contributed by atoms with E-state index in [0.717, 1.165) is 6.04 Å². The average Bonchev–Trinajstić information content (AvgIpc) is 2.30. The van der Waals surface area contributed by atoms with Gasteiger partial charge in [0.05, 0.1) is 0 Å². The van der Waals surface area contributed by atoms with E-state index in [1.807, 2.05) is 0 Å². The van der Waals surface area contributed by atoms with Gasteiger partial charge in [-0.2, -0.15) is 0 Å². The highest BCUT2D eigenvalue weighted by atomic mass is 15.1. The molecule has 1 saturated heterocycles. The number of piperidine rings is 1. The maximum atomic E-state index is 3.63. The van der Waals surface area contributed by atoms with Crippen LogP contribution >= 0.6 is 0 Å². The maximum absolute atomic E-state index is 3.63. The van der Waals surface area contributed by atoms with Gasteiger partial charge in [0.25, 0.3) is 0 Å². The van der Waals surface area contributed by atoms with Crippen molar-refractivity contribution < 1.29 is 0 Å². The highest BCUT2D eigenvalue weighted by Gasteiger charge is 2.11. The van der Waals surface area contributed by atoms with E-state index in [1.54, 1.807) is 0 Å². The third-order valence-corrected chi connectivity index (χ3v) is 3.65. The minimum absolute atomic E-state index is 0.805. The smallest absolute Gasteiger partial charge is 0.00675 e. The molecule has 0 aromatic carbocycles. The van der Waals surface area contributed by atoms with Gasteiger partial charge >= 0.3 is 0 Å². The van der Waals surface area contributed by atoms with Gasteiger partial charge in [-0.05, 0) is 79.4 Å². The van der Waals surface area contributed by atoms with Gasteiger partial charge in [0.2, 0.25) is 0 Å². The Balaban J connectivity index is 1.93. The Morgan fingerprint density at radius 2 is 1.76 bits per heavy atom. The quantitative estimate of drug-likeness (QED) is 0.699. The maximum Gasteiger partial charge on any atom is 0.00675 e. The molecule has 1 rings (SSSR count). The summed E-state index contributed by atoms with van der Waals surface area (Å²) in [6.07, 6.45) is 8.18. The molecule has 1 atom stereocenters. The van der Waals surface area contributed by atoms with Crippen LogP contribution in [0, 0.1) is 0 Å². The molecule has 0 aromatic rings. The van der Waals surface area contributed by atoms with E-state index in [9.17, 15) is 0 Å². The summed E-state index contributed by atoms with van der Waals surface area (Å²) in [5.41, 5.74) is 0. The summed E-state index contributed by atoms with van der Waals surface area (Å²) in [5, 5.41) is 3.63. The molecule has 3 nitrogen and oxygen atoms in total. The predicted molar refractivity (Wildman–Crippen MR) is 75.5 cm³/mol. The van der Waals surface area contributed by atoms with E-state index in [-0.39, 0.29) is 0 Å². The molecule has 0 amide bonds. The van der Waals surface area contributed by atoms with Crippen LogP contribution in [0.2, 0.25) is 0 Å². The zero-order chi connectivity index (χ0) is 12.5. The van der Waals surface area contributed by atoms with Gasteiger partial charge in [-0.15, -0.1) is 0 Å². The van der Waals surface area contributed by atoms with Crippen molar-refractivity contribution in [2.24, 2.45) is 0 Å². The lowest BCUT2D eigenvalue weighted by molar-refractivity contribution is 0.283. The summed E-state index contributed by atoms with van der Waals surface area (Å²) in [6.45, 7) is 4.93. The van der Waals surface area contributed by atoms with Crippen molar-refractivity contribution in [1.82, 2.24) is 15.1 Å². The molecule has 1 unspecified atom stereocenters. The molecule has 3 heteroatoms. The lowest BCUT2D eigenvalue weighted by atomic mass is 10.0. The van der Waals surface area contributed by atoms with Crippen molar-refractivity contribution in [3.8, 4) is 0 Å². The van der Waals surface area contributed by atoms with Crippen molar-refractivity contribution in [3.05, 3.63) is 0 Å². The van der Waals surface area contributed by atoms with Gasteiger partial charge in [-0.25, -0.2) is 0 Å². The van der Waals surface area contributed by atoms with E-state index in [1.165, 1.54) is 64.7 Å². The molecule has 17 heavy (non-hydrogen) atoms. The Bertz CT molecular complexity index is 176. The largest absolute Gasteiger partial charge is 0.314 e. The normalized spacial score (nSPS) is 21.4. The monoisotopic (exact) mass is 241 g/mol. The Kier molecular flexibility index (Phi) is 7.82. The molecular weight excluding hydrogens is 210 g/mol. The fourth-order valence-corrected chi connectivity index (χ4v) is 2.55. The summed E-state index contributed by atoms with van der Waals surface area (Å²) in [7, 11) is 6.55. The first-order valence-corrected chi connectivity index (χ1v) is 7.25. The van der Waals surface area contributed by atoms with E-state index in [2.05, 4.69) is 36.3 Å². The van der Waals surface area contributed by atoms with Crippen LogP contribution in [0.4, 0.5) is 0 Å². The summed E-state index contributed by atoms with van der Waals surface area (Å²) in [4.78, 5) is 4.74. The van der Waals surface area contributed by atoms with Gasteiger partial charge in [-0.3, -0.25) is 0 Å². The first-order valence-electron chi connectivity index (χ1n) is 7.25. The van der Waals surface area contributed by atoms with Gasteiger partial charge in [0, 0.05) is 6.04 Å². The summed E-state index contributed by atoms with van der Waals surface area (Å²) in [5.74, 6) is 0. The van der Waals surface area contributed by atoms with Gasteiger partial charge < -0.3 is 15.1 Å². The number of rotatable bonds is 8. The molecule has 1 aliphatic rings. The fraction of sp³-hybridized carbons (Fsp3) is 1.00. The summed E-state index contributed by atoms with van der Waals surface area (Å²) >= 11 is 0. The molecule has 102 valence electrons. The first kappa shape index (κ1) is 14.9. The van der Waals surface area contributed by atoms with Crippen LogP contribution in [0.1, 0.15) is 38.5 Å². The summed E-state index contributed by atoms with van der Waals surface area (Å²) < 4.78 is 0.